The maximum absolute atomic E-state index is 12.4. The Morgan fingerprint density at radius 3 is 2.85 bits per heavy atom. The van der Waals surface area contributed by atoms with Crippen LogP contribution in [0.25, 0.3) is 0 Å². The molecule has 1 fully saturated rings. The Hall–Kier alpha value is -1.62. The fourth-order valence-corrected chi connectivity index (χ4v) is 2.81. The van der Waals surface area contributed by atoms with Gasteiger partial charge < -0.3 is 10.7 Å². The molecule has 1 aliphatic carbocycles. The Morgan fingerprint density at radius 1 is 1.35 bits per heavy atom. The van der Waals surface area contributed by atoms with E-state index in [1.165, 1.54) is 25.7 Å². The van der Waals surface area contributed by atoms with Crippen LogP contribution in [-0.4, -0.2) is 16.9 Å². The van der Waals surface area contributed by atoms with Crippen LogP contribution in [0.1, 0.15) is 55.1 Å². The van der Waals surface area contributed by atoms with Gasteiger partial charge in [0.1, 0.15) is 0 Å². The van der Waals surface area contributed by atoms with Crippen LogP contribution in [0.5, 0.6) is 0 Å². The molecule has 1 aromatic heterocycles. The number of nitrogens with one attached hydrogen (secondary N) is 2. The lowest BCUT2D eigenvalue weighted by atomic mass is 9.96. The zero-order valence-electron chi connectivity index (χ0n) is 12.3. The van der Waals surface area contributed by atoms with Gasteiger partial charge in [-0.25, -0.2) is 0 Å². The van der Waals surface area contributed by atoms with Crippen molar-refractivity contribution in [2.24, 2.45) is 11.8 Å². The van der Waals surface area contributed by atoms with Gasteiger partial charge in [-0.05, 0) is 31.7 Å². The smallest absolute Gasteiger partial charge is 0.255 e. The minimum absolute atomic E-state index is 0.0933. The number of aryl methyl sites for hydroxylation is 1. The lowest BCUT2D eigenvalue weighted by Gasteiger charge is -2.23. The van der Waals surface area contributed by atoms with Crippen LogP contribution < -0.4 is 16.6 Å². The van der Waals surface area contributed by atoms with Crippen molar-refractivity contribution in [1.29, 1.82) is 0 Å². The minimum atomic E-state index is -0.0933. The molecular formula is C15H24N4O. The Labute approximate surface area is 120 Å². The Morgan fingerprint density at radius 2 is 2.10 bits per heavy atom. The molecule has 2 atom stereocenters. The molecular weight excluding hydrogens is 252 g/mol. The van der Waals surface area contributed by atoms with E-state index < -0.39 is 0 Å². The standard InChI is InChI=1S/C15H24N4O/c1-10-6-4-3-5-7-13(10)18-15(20)12-9-17-11(2)8-14(12)19-16/h8-10,13H,3-7,16H2,1-2H3,(H,17,19)(H,18,20). The first-order chi connectivity index (χ1) is 9.61. The van der Waals surface area contributed by atoms with Gasteiger partial charge in [0.05, 0.1) is 11.3 Å². The third-order valence-electron chi connectivity index (χ3n) is 4.12. The van der Waals surface area contributed by atoms with Crippen LogP contribution in [0, 0.1) is 12.8 Å². The number of anilines is 1. The second-order valence-corrected chi connectivity index (χ2v) is 5.71. The number of nitrogens with zero attached hydrogens (tertiary/aromatic N) is 1. The third kappa shape index (κ3) is 3.48. The molecule has 2 unspecified atom stereocenters. The maximum Gasteiger partial charge on any atom is 0.255 e. The van der Waals surface area contributed by atoms with Gasteiger partial charge >= 0.3 is 0 Å². The minimum Gasteiger partial charge on any atom is -0.349 e. The van der Waals surface area contributed by atoms with E-state index in [1.807, 2.05) is 6.92 Å². The molecule has 5 heteroatoms. The topological polar surface area (TPSA) is 80.0 Å². The lowest BCUT2D eigenvalue weighted by Crippen LogP contribution is -2.39. The highest BCUT2D eigenvalue weighted by atomic mass is 16.1. The van der Waals surface area contributed by atoms with Crippen LogP contribution in [0.3, 0.4) is 0 Å². The number of carbonyl (C=O) groups excluding carboxylic acids is 1. The van der Waals surface area contributed by atoms with Gasteiger partial charge in [-0.1, -0.05) is 26.2 Å². The molecule has 1 heterocycles. The first kappa shape index (κ1) is 14.8. The summed E-state index contributed by atoms with van der Waals surface area (Å²) in [7, 11) is 0. The average Bonchev–Trinajstić information content (AvgIpc) is 2.64. The van der Waals surface area contributed by atoms with E-state index >= 15 is 0 Å². The van der Waals surface area contributed by atoms with Gasteiger partial charge in [0.25, 0.3) is 5.91 Å². The van der Waals surface area contributed by atoms with E-state index in [9.17, 15) is 4.79 Å². The van der Waals surface area contributed by atoms with Crippen LogP contribution in [-0.2, 0) is 0 Å². The third-order valence-corrected chi connectivity index (χ3v) is 4.12. The number of rotatable bonds is 3. The summed E-state index contributed by atoms with van der Waals surface area (Å²) in [4.78, 5) is 16.6. The van der Waals surface area contributed by atoms with Crippen molar-refractivity contribution in [3.05, 3.63) is 23.5 Å². The molecule has 2 rings (SSSR count). The van der Waals surface area contributed by atoms with Crippen molar-refractivity contribution in [3.8, 4) is 0 Å². The van der Waals surface area contributed by atoms with Crippen molar-refractivity contribution >= 4 is 11.6 Å². The fourth-order valence-electron chi connectivity index (χ4n) is 2.81. The monoisotopic (exact) mass is 276 g/mol. The number of hydrazine groups is 1. The van der Waals surface area contributed by atoms with E-state index in [0.717, 1.165) is 12.1 Å². The van der Waals surface area contributed by atoms with Crippen molar-refractivity contribution in [2.75, 3.05) is 5.43 Å². The summed E-state index contributed by atoms with van der Waals surface area (Å²) in [5, 5.41) is 3.14. The maximum atomic E-state index is 12.4. The number of amides is 1. The number of nitrogens with two attached hydrogens (primary N) is 1. The second kappa shape index (κ2) is 6.70. The lowest BCUT2D eigenvalue weighted by molar-refractivity contribution is 0.0922. The molecule has 110 valence electrons. The Kier molecular flexibility index (Phi) is 4.95. The molecule has 0 bridgehead atoms. The summed E-state index contributed by atoms with van der Waals surface area (Å²) in [5.41, 5.74) is 4.54. The number of nitrogen functional groups attached to an aromatic ring is 1. The van der Waals surface area contributed by atoms with E-state index in [0.29, 0.717) is 17.2 Å². The second-order valence-electron chi connectivity index (χ2n) is 5.71. The molecule has 0 aromatic carbocycles. The molecule has 0 aliphatic heterocycles. The zero-order chi connectivity index (χ0) is 14.5. The number of carbonyl (C=O) groups is 1. The Bertz CT molecular complexity index is 475. The first-order valence-corrected chi connectivity index (χ1v) is 7.36. The van der Waals surface area contributed by atoms with Crippen LogP contribution in [0.15, 0.2) is 12.3 Å². The highest BCUT2D eigenvalue weighted by Crippen LogP contribution is 2.24. The fraction of sp³-hybridized carbons (Fsp3) is 0.600. The highest BCUT2D eigenvalue weighted by Gasteiger charge is 2.23. The quantitative estimate of drug-likeness (QED) is 0.450. The highest BCUT2D eigenvalue weighted by molar-refractivity contribution is 5.99. The first-order valence-electron chi connectivity index (χ1n) is 7.36. The van der Waals surface area contributed by atoms with E-state index in [2.05, 4.69) is 22.7 Å². The number of aromatic nitrogens is 1. The Balaban J connectivity index is 2.11. The van der Waals surface area contributed by atoms with Crippen LogP contribution >= 0.6 is 0 Å². The molecule has 20 heavy (non-hydrogen) atoms. The molecule has 1 aromatic rings. The molecule has 0 saturated heterocycles. The van der Waals surface area contributed by atoms with E-state index in [1.54, 1.807) is 12.3 Å². The molecule has 1 aliphatic rings. The van der Waals surface area contributed by atoms with Gasteiger partial charge in [-0.2, -0.15) is 0 Å². The van der Waals surface area contributed by atoms with Gasteiger partial charge in [-0.3, -0.25) is 15.6 Å². The zero-order valence-corrected chi connectivity index (χ0v) is 12.3. The summed E-state index contributed by atoms with van der Waals surface area (Å²) < 4.78 is 0. The average molecular weight is 276 g/mol. The largest absolute Gasteiger partial charge is 0.349 e. The van der Waals surface area contributed by atoms with E-state index in [-0.39, 0.29) is 11.9 Å². The molecule has 0 radical (unpaired) electrons. The van der Waals surface area contributed by atoms with Crippen molar-refractivity contribution < 1.29 is 4.79 Å². The normalized spacial score (nSPS) is 22.9. The van der Waals surface area contributed by atoms with E-state index in [4.69, 9.17) is 5.84 Å². The van der Waals surface area contributed by atoms with Gasteiger partial charge in [0.2, 0.25) is 0 Å². The summed E-state index contributed by atoms with van der Waals surface area (Å²) in [6.07, 6.45) is 7.52. The molecule has 0 spiro atoms. The molecule has 5 nitrogen and oxygen atoms in total. The van der Waals surface area contributed by atoms with Gasteiger partial charge in [0, 0.05) is 17.9 Å². The SMILES string of the molecule is Cc1cc(NN)c(C(=O)NC2CCCCCC2C)cn1. The van der Waals surface area contributed by atoms with Crippen LogP contribution in [0.4, 0.5) is 5.69 Å². The predicted octanol–water partition coefficient (Wildman–Crippen LogP) is 2.37. The van der Waals surface area contributed by atoms with Gasteiger partial charge in [0.15, 0.2) is 0 Å². The van der Waals surface area contributed by atoms with Crippen molar-refractivity contribution in [3.63, 3.8) is 0 Å². The summed E-state index contributed by atoms with van der Waals surface area (Å²) in [6.45, 7) is 4.08. The summed E-state index contributed by atoms with van der Waals surface area (Å²) in [5.74, 6) is 5.91. The molecule has 1 amide bonds. The molecule has 1 saturated carbocycles. The molecule has 4 N–H and O–H groups in total. The van der Waals surface area contributed by atoms with Gasteiger partial charge in [-0.15, -0.1) is 0 Å². The van der Waals surface area contributed by atoms with Crippen LogP contribution in [0.2, 0.25) is 0 Å². The number of pyridine rings is 1. The predicted molar refractivity (Wildman–Crippen MR) is 80.3 cm³/mol. The number of hydrogen-bond acceptors (Lipinski definition) is 4. The summed E-state index contributed by atoms with van der Waals surface area (Å²) in [6, 6.07) is 2.03. The van der Waals surface area contributed by atoms with Crippen molar-refractivity contribution in [2.45, 2.75) is 52.0 Å². The summed E-state index contributed by atoms with van der Waals surface area (Å²) >= 11 is 0. The van der Waals surface area contributed by atoms with Crippen molar-refractivity contribution in [1.82, 2.24) is 10.3 Å². The number of hydrogen-bond donors (Lipinski definition) is 3.